The fraction of sp³-hybridized carbons (Fsp3) is 0.333. The van der Waals surface area contributed by atoms with Crippen LogP contribution in [-0.4, -0.2) is 11.6 Å². The van der Waals surface area contributed by atoms with Crippen LogP contribution in [0.25, 0.3) is 0 Å². The molecule has 0 amide bonds. The molecule has 15 heavy (non-hydrogen) atoms. The summed E-state index contributed by atoms with van der Waals surface area (Å²) in [6, 6.07) is 0. The van der Waals surface area contributed by atoms with E-state index in [9.17, 15) is 9.59 Å². The number of dihydropyridines is 1. The van der Waals surface area contributed by atoms with E-state index >= 15 is 0 Å². The third-order valence-electron chi connectivity index (χ3n) is 3.34. The molecule has 76 valence electrons. The minimum atomic E-state index is -0.0336. The van der Waals surface area contributed by atoms with Gasteiger partial charge < -0.3 is 5.32 Å². The number of hydrogen-bond donors (Lipinski definition) is 1. The second-order valence-electron chi connectivity index (χ2n) is 4.19. The zero-order chi connectivity index (χ0) is 10.6. The van der Waals surface area contributed by atoms with E-state index in [0.717, 1.165) is 29.0 Å². The number of nitrogens with one attached hydrogen (secondary N) is 1. The Morgan fingerprint density at radius 1 is 1.20 bits per heavy atom. The van der Waals surface area contributed by atoms with Gasteiger partial charge in [-0.05, 0) is 18.6 Å². The molecule has 3 aliphatic rings. The molecule has 2 aliphatic carbocycles. The Hall–Kier alpha value is -1.64. The van der Waals surface area contributed by atoms with Gasteiger partial charge in [-0.25, -0.2) is 0 Å². The van der Waals surface area contributed by atoms with Gasteiger partial charge >= 0.3 is 0 Å². The maximum Gasteiger partial charge on any atom is 0.184 e. The number of hydrogen-bond acceptors (Lipinski definition) is 3. The molecule has 1 unspecified atom stereocenters. The van der Waals surface area contributed by atoms with Crippen LogP contribution in [0.5, 0.6) is 0 Å². The number of rotatable bonds is 0. The van der Waals surface area contributed by atoms with Crippen molar-refractivity contribution >= 4 is 11.6 Å². The molecule has 1 heterocycles. The lowest BCUT2D eigenvalue weighted by atomic mass is 9.87. The zero-order valence-corrected chi connectivity index (χ0v) is 8.46. The molecular formula is C12H11NO2. The lowest BCUT2D eigenvalue weighted by Crippen LogP contribution is -2.25. The molecular weight excluding hydrogens is 190 g/mol. The zero-order valence-electron chi connectivity index (χ0n) is 8.46. The van der Waals surface area contributed by atoms with Crippen molar-refractivity contribution in [3.05, 3.63) is 34.7 Å². The fourth-order valence-electron chi connectivity index (χ4n) is 2.64. The Morgan fingerprint density at radius 3 is 2.80 bits per heavy atom. The summed E-state index contributed by atoms with van der Waals surface area (Å²) in [7, 11) is 0. The molecule has 0 aromatic heterocycles. The van der Waals surface area contributed by atoms with E-state index < -0.39 is 0 Å². The molecule has 0 bridgehead atoms. The van der Waals surface area contributed by atoms with Gasteiger partial charge in [0.2, 0.25) is 0 Å². The first-order chi connectivity index (χ1) is 7.18. The highest BCUT2D eigenvalue weighted by Gasteiger charge is 2.37. The maximum absolute atomic E-state index is 11.7. The van der Waals surface area contributed by atoms with Crippen LogP contribution in [0, 0.1) is 5.92 Å². The smallest absolute Gasteiger partial charge is 0.184 e. The molecule has 1 N–H and O–H groups in total. The van der Waals surface area contributed by atoms with E-state index in [-0.39, 0.29) is 17.5 Å². The third kappa shape index (κ3) is 1.00. The molecule has 1 atom stereocenters. The van der Waals surface area contributed by atoms with Crippen molar-refractivity contribution in [2.75, 3.05) is 0 Å². The minimum absolute atomic E-state index is 0.0336. The lowest BCUT2D eigenvalue weighted by molar-refractivity contribution is -0.115. The van der Waals surface area contributed by atoms with Gasteiger partial charge in [0.15, 0.2) is 11.6 Å². The standard InChI is InChI=1S/C12H11NO2/c1-6-11-7(2-4-9(11)14)13-8-3-5-10(15)12(6)8/h2,4,6,13H,3,5H2,1H3. The second-order valence-corrected chi connectivity index (χ2v) is 4.19. The summed E-state index contributed by atoms with van der Waals surface area (Å²) in [5.74, 6) is 0.196. The Kier molecular flexibility index (Phi) is 1.55. The molecule has 3 nitrogen and oxygen atoms in total. The molecule has 0 radical (unpaired) electrons. The molecule has 0 aromatic carbocycles. The first kappa shape index (κ1) is 8.65. The van der Waals surface area contributed by atoms with E-state index in [1.165, 1.54) is 0 Å². The second kappa shape index (κ2) is 2.69. The number of ketones is 2. The van der Waals surface area contributed by atoms with Crippen LogP contribution < -0.4 is 5.32 Å². The summed E-state index contributed by atoms with van der Waals surface area (Å²) in [5.41, 5.74) is 3.49. The van der Waals surface area contributed by atoms with Crippen molar-refractivity contribution in [2.45, 2.75) is 19.8 Å². The predicted molar refractivity (Wildman–Crippen MR) is 54.7 cm³/mol. The van der Waals surface area contributed by atoms with Crippen molar-refractivity contribution in [1.29, 1.82) is 0 Å². The summed E-state index contributed by atoms with van der Waals surface area (Å²) < 4.78 is 0. The first-order valence-corrected chi connectivity index (χ1v) is 5.18. The number of allylic oxidation sites excluding steroid dienone is 5. The molecule has 0 saturated heterocycles. The molecule has 0 aromatic rings. The Labute approximate surface area is 87.5 Å². The van der Waals surface area contributed by atoms with Gasteiger partial charge in [-0.3, -0.25) is 9.59 Å². The highest BCUT2D eigenvalue weighted by atomic mass is 16.1. The van der Waals surface area contributed by atoms with Crippen LogP contribution in [0.15, 0.2) is 34.7 Å². The molecule has 1 aliphatic heterocycles. The lowest BCUT2D eigenvalue weighted by Gasteiger charge is -2.23. The average Bonchev–Trinajstić information content (AvgIpc) is 2.73. The summed E-state index contributed by atoms with van der Waals surface area (Å²) in [5, 5.41) is 3.20. The maximum atomic E-state index is 11.7. The van der Waals surface area contributed by atoms with E-state index in [0.29, 0.717) is 6.42 Å². The fourth-order valence-corrected chi connectivity index (χ4v) is 2.64. The van der Waals surface area contributed by atoms with Crippen LogP contribution >= 0.6 is 0 Å². The number of Topliss-reactive ketones (excluding diaryl/α,β-unsaturated/α-hetero) is 1. The van der Waals surface area contributed by atoms with Gasteiger partial charge in [-0.1, -0.05) is 6.92 Å². The molecule has 0 saturated carbocycles. The quantitative estimate of drug-likeness (QED) is 0.641. The van der Waals surface area contributed by atoms with Crippen LogP contribution in [0.1, 0.15) is 19.8 Å². The van der Waals surface area contributed by atoms with Gasteiger partial charge in [0.1, 0.15) is 0 Å². The van der Waals surface area contributed by atoms with Crippen LogP contribution in [0.3, 0.4) is 0 Å². The molecule has 3 heteroatoms. The first-order valence-electron chi connectivity index (χ1n) is 5.18. The summed E-state index contributed by atoms with van der Waals surface area (Å²) in [6.07, 6.45) is 4.75. The van der Waals surface area contributed by atoms with E-state index in [1.807, 2.05) is 6.92 Å². The Morgan fingerprint density at radius 2 is 2.00 bits per heavy atom. The van der Waals surface area contributed by atoms with Gasteiger partial charge in [0.05, 0.1) is 0 Å². The molecule has 3 rings (SSSR count). The summed E-state index contributed by atoms with van der Waals surface area (Å²) >= 11 is 0. The van der Waals surface area contributed by atoms with Crippen LogP contribution in [0.4, 0.5) is 0 Å². The van der Waals surface area contributed by atoms with E-state index in [2.05, 4.69) is 5.32 Å². The predicted octanol–water partition coefficient (Wildman–Crippen LogP) is 1.24. The van der Waals surface area contributed by atoms with Gasteiger partial charge in [0.25, 0.3) is 0 Å². The monoisotopic (exact) mass is 201 g/mol. The van der Waals surface area contributed by atoms with Crippen molar-refractivity contribution < 1.29 is 9.59 Å². The molecule has 0 fully saturated rings. The third-order valence-corrected chi connectivity index (χ3v) is 3.34. The Bertz CT molecular complexity index is 478. The van der Waals surface area contributed by atoms with Crippen molar-refractivity contribution in [2.24, 2.45) is 5.92 Å². The van der Waals surface area contributed by atoms with Gasteiger partial charge in [-0.2, -0.15) is 0 Å². The van der Waals surface area contributed by atoms with E-state index in [1.54, 1.807) is 12.2 Å². The van der Waals surface area contributed by atoms with Crippen LogP contribution in [0.2, 0.25) is 0 Å². The van der Waals surface area contributed by atoms with Crippen LogP contribution in [-0.2, 0) is 9.59 Å². The molecule has 0 spiro atoms. The minimum Gasteiger partial charge on any atom is -0.358 e. The van der Waals surface area contributed by atoms with Crippen molar-refractivity contribution in [3.8, 4) is 0 Å². The van der Waals surface area contributed by atoms with Gasteiger partial charge in [0, 0.05) is 34.9 Å². The van der Waals surface area contributed by atoms with Gasteiger partial charge in [-0.15, -0.1) is 0 Å². The number of carbonyl (C=O) groups excluding carboxylic acids is 2. The SMILES string of the molecule is CC1C2=C(C=CC2=O)NC2=C1C(=O)CC2. The topological polar surface area (TPSA) is 46.2 Å². The summed E-state index contributed by atoms with van der Waals surface area (Å²) in [4.78, 5) is 23.3. The normalized spacial score (nSPS) is 28.5. The Balaban J connectivity index is 2.09. The van der Waals surface area contributed by atoms with Crippen molar-refractivity contribution in [1.82, 2.24) is 5.32 Å². The van der Waals surface area contributed by atoms with E-state index in [4.69, 9.17) is 0 Å². The van der Waals surface area contributed by atoms with Crippen molar-refractivity contribution in [3.63, 3.8) is 0 Å². The number of carbonyl (C=O) groups is 2. The highest BCUT2D eigenvalue weighted by Crippen LogP contribution is 2.38. The highest BCUT2D eigenvalue weighted by molar-refractivity contribution is 6.11. The average molecular weight is 201 g/mol. The largest absolute Gasteiger partial charge is 0.358 e. The summed E-state index contributed by atoms with van der Waals surface area (Å²) in [6.45, 7) is 1.94.